The van der Waals surface area contributed by atoms with E-state index >= 15 is 0 Å². The van der Waals surface area contributed by atoms with E-state index in [1.807, 2.05) is 13.8 Å². The van der Waals surface area contributed by atoms with Gasteiger partial charge in [0.2, 0.25) is 0 Å². The summed E-state index contributed by atoms with van der Waals surface area (Å²) in [6.45, 7) is 4.28. The summed E-state index contributed by atoms with van der Waals surface area (Å²) in [5, 5.41) is 10.7. The minimum absolute atomic E-state index is 0.0402. The Morgan fingerprint density at radius 1 is 1.44 bits per heavy atom. The molecule has 0 aliphatic heterocycles. The minimum atomic E-state index is -0.419. The molecule has 90 valence electrons. The largest absolute Gasteiger partial charge is 0.487 e. The van der Waals surface area contributed by atoms with E-state index in [0.29, 0.717) is 19.5 Å². The van der Waals surface area contributed by atoms with Crippen molar-refractivity contribution in [1.29, 1.82) is 0 Å². The quantitative estimate of drug-likeness (QED) is 0.588. The van der Waals surface area contributed by atoms with Crippen LogP contribution in [0, 0.1) is 17.0 Å². The van der Waals surface area contributed by atoms with E-state index in [0.717, 1.165) is 12.0 Å². The summed E-state index contributed by atoms with van der Waals surface area (Å²) in [5.41, 5.74) is 0.902. The van der Waals surface area contributed by atoms with Crippen LogP contribution < -0.4 is 4.74 Å². The molecule has 16 heavy (non-hydrogen) atoms. The first-order valence-corrected chi connectivity index (χ1v) is 4.90. The van der Waals surface area contributed by atoms with Crippen molar-refractivity contribution in [2.24, 2.45) is 0 Å². The standard InChI is InChI=1S/C10H13NO3.CH3F/c1-3-6-14-10-5-4-8(2)7-9(10)11(12)13;1-2/h4-5,7H,3,6H2,1-2H3;1H3. The fourth-order valence-electron chi connectivity index (χ4n) is 1.10. The van der Waals surface area contributed by atoms with E-state index in [2.05, 4.69) is 0 Å². The van der Waals surface area contributed by atoms with Gasteiger partial charge in [-0.1, -0.05) is 13.0 Å². The number of rotatable bonds is 4. The maximum absolute atomic E-state index is 10.7. The van der Waals surface area contributed by atoms with Crippen molar-refractivity contribution < 1.29 is 14.1 Å². The van der Waals surface area contributed by atoms with Gasteiger partial charge in [0, 0.05) is 6.07 Å². The molecule has 5 heteroatoms. The average molecular weight is 229 g/mol. The first-order valence-electron chi connectivity index (χ1n) is 4.90. The van der Waals surface area contributed by atoms with Gasteiger partial charge in [0.15, 0.2) is 5.75 Å². The van der Waals surface area contributed by atoms with Crippen molar-refractivity contribution in [2.75, 3.05) is 13.8 Å². The summed E-state index contributed by atoms with van der Waals surface area (Å²) < 4.78 is 14.8. The van der Waals surface area contributed by atoms with Crippen molar-refractivity contribution in [1.82, 2.24) is 0 Å². The molecule has 1 aromatic carbocycles. The molecule has 0 heterocycles. The van der Waals surface area contributed by atoms with Gasteiger partial charge in [0.05, 0.1) is 18.7 Å². The molecule has 0 saturated carbocycles. The molecule has 0 bridgehead atoms. The zero-order valence-corrected chi connectivity index (χ0v) is 9.70. The molecule has 0 aromatic heterocycles. The van der Waals surface area contributed by atoms with Crippen LogP contribution in [0.15, 0.2) is 18.2 Å². The summed E-state index contributed by atoms with van der Waals surface area (Å²) in [6.07, 6.45) is 0.838. The third kappa shape index (κ3) is 4.25. The predicted molar refractivity (Wildman–Crippen MR) is 60.7 cm³/mol. The SMILES string of the molecule is CCCOc1ccc(C)cc1[N+](=O)[O-].CF. The van der Waals surface area contributed by atoms with Crippen LogP contribution in [-0.2, 0) is 0 Å². The lowest BCUT2D eigenvalue weighted by Crippen LogP contribution is -1.99. The zero-order valence-electron chi connectivity index (χ0n) is 9.70. The number of nitro groups is 1. The number of ether oxygens (including phenoxy) is 1. The molecule has 0 aliphatic rings. The fourth-order valence-corrected chi connectivity index (χ4v) is 1.10. The van der Waals surface area contributed by atoms with Gasteiger partial charge < -0.3 is 4.74 Å². The van der Waals surface area contributed by atoms with Crippen LogP contribution in [0.25, 0.3) is 0 Å². The van der Waals surface area contributed by atoms with Gasteiger partial charge in [-0.2, -0.15) is 0 Å². The highest BCUT2D eigenvalue weighted by molar-refractivity contribution is 5.48. The van der Waals surface area contributed by atoms with Crippen LogP contribution in [0.2, 0.25) is 0 Å². The van der Waals surface area contributed by atoms with Gasteiger partial charge in [0.1, 0.15) is 0 Å². The Labute approximate surface area is 94.2 Å². The highest BCUT2D eigenvalue weighted by atomic mass is 19.1. The molecule has 0 unspecified atom stereocenters. The topological polar surface area (TPSA) is 52.4 Å². The third-order valence-electron chi connectivity index (χ3n) is 1.77. The van der Waals surface area contributed by atoms with Gasteiger partial charge in [-0.15, -0.1) is 0 Å². The Bertz CT molecular complexity index is 342. The fraction of sp³-hybridized carbons (Fsp3) is 0.455. The number of hydrogen-bond donors (Lipinski definition) is 0. The van der Waals surface area contributed by atoms with Crippen molar-refractivity contribution in [2.45, 2.75) is 20.3 Å². The van der Waals surface area contributed by atoms with E-state index < -0.39 is 4.92 Å². The van der Waals surface area contributed by atoms with Gasteiger partial charge in [0.25, 0.3) is 0 Å². The Kier molecular flexibility index (Phi) is 6.83. The summed E-state index contributed by atoms with van der Waals surface area (Å²) in [4.78, 5) is 10.2. The summed E-state index contributed by atoms with van der Waals surface area (Å²) in [7, 11) is 0.500. The number of halogens is 1. The van der Waals surface area contributed by atoms with E-state index in [4.69, 9.17) is 4.74 Å². The maximum Gasteiger partial charge on any atom is 0.311 e. The van der Waals surface area contributed by atoms with Gasteiger partial charge >= 0.3 is 5.69 Å². The van der Waals surface area contributed by atoms with Crippen LogP contribution in [0.1, 0.15) is 18.9 Å². The Morgan fingerprint density at radius 2 is 2.06 bits per heavy atom. The van der Waals surface area contributed by atoms with Crippen molar-refractivity contribution >= 4 is 5.69 Å². The van der Waals surface area contributed by atoms with Gasteiger partial charge in [-0.05, 0) is 25.0 Å². The molecule has 1 rings (SSSR count). The van der Waals surface area contributed by atoms with E-state index in [-0.39, 0.29) is 5.69 Å². The monoisotopic (exact) mass is 229 g/mol. The Morgan fingerprint density at radius 3 is 2.56 bits per heavy atom. The molecule has 0 radical (unpaired) electrons. The summed E-state index contributed by atoms with van der Waals surface area (Å²) in [6, 6.07) is 4.96. The number of benzene rings is 1. The van der Waals surface area contributed by atoms with Crippen LogP contribution >= 0.6 is 0 Å². The molecule has 4 nitrogen and oxygen atoms in total. The molecule has 0 amide bonds. The van der Waals surface area contributed by atoms with Crippen molar-refractivity contribution in [3.05, 3.63) is 33.9 Å². The molecular formula is C11H16FNO3. The Hall–Kier alpha value is -1.65. The average Bonchev–Trinajstić information content (AvgIpc) is 2.30. The van der Waals surface area contributed by atoms with E-state index in [1.165, 1.54) is 6.07 Å². The maximum atomic E-state index is 10.7. The first kappa shape index (κ1) is 14.3. The number of hydrogen-bond acceptors (Lipinski definition) is 3. The lowest BCUT2D eigenvalue weighted by molar-refractivity contribution is -0.385. The van der Waals surface area contributed by atoms with Crippen LogP contribution in [-0.4, -0.2) is 18.7 Å². The summed E-state index contributed by atoms with van der Waals surface area (Å²) >= 11 is 0. The second-order valence-corrected chi connectivity index (χ2v) is 3.08. The number of nitrogens with zero attached hydrogens (tertiary/aromatic N) is 1. The normalized spacial score (nSPS) is 9.00. The molecule has 0 aliphatic carbocycles. The molecule has 0 saturated heterocycles. The molecule has 0 atom stereocenters. The highest BCUT2D eigenvalue weighted by Crippen LogP contribution is 2.27. The van der Waals surface area contributed by atoms with E-state index in [1.54, 1.807) is 12.1 Å². The second-order valence-electron chi connectivity index (χ2n) is 3.08. The molecule has 0 spiro atoms. The third-order valence-corrected chi connectivity index (χ3v) is 1.77. The minimum Gasteiger partial charge on any atom is -0.487 e. The van der Waals surface area contributed by atoms with Crippen LogP contribution in [0.4, 0.5) is 10.1 Å². The van der Waals surface area contributed by atoms with Gasteiger partial charge in [-0.25, -0.2) is 0 Å². The summed E-state index contributed by atoms with van der Waals surface area (Å²) in [5.74, 6) is 0.349. The second kappa shape index (κ2) is 7.62. The first-order chi connectivity index (χ1) is 7.65. The predicted octanol–water partition coefficient (Wildman–Crippen LogP) is 3.28. The Balaban J connectivity index is 0.00000106. The smallest absolute Gasteiger partial charge is 0.311 e. The zero-order chi connectivity index (χ0) is 12.6. The molecule has 1 aromatic rings. The molecule has 0 fully saturated rings. The lowest BCUT2D eigenvalue weighted by atomic mass is 10.2. The van der Waals surface area contributed by atoms with Crippen molar-refractivity contribution in [3.63, 3.8) is 0 Å². The van der Waals surface area contributed by atoms with Crippen LogP contribution in [0.5, 0.6) is 5.75 Å². The lowest BCUT2D eigenvalue weighted by Gasteiger charge is -2.05. The molecule has 0 N–H and O–H groups in total. The number of alkyl halides is 1. The van der Waals surface area contributed by atoms with Crippen molar-refractivity contribution in [3.8, 4) is 5.75 Å². The number of nitro benzene ring substituents is 1. The highest BCUT2D eigenvalue weighted by Gasteiger charge is 2.14. The van der Waals surface area contributed by atoms with Crippen LogP contribution in [0.3, 0.4) is 0 Å². The van der Waals surface area contributed by atoms with Gasteiger partial charge in [-0.3, -0.25) is 14.5 Å². The molecular weight excluding hydrogens is 213 g/mol. The van der Waals surface area contributed by atoms with E-state index in [9.17, 15) is 14.5 Å². The number of aryl methyl sites for hydroxylation is 1.